The Morgan fingerprint density at radius 1 is 1.50 bits per heavy atom. The van der Waals surface area contributed by atoms with Crippen LogP contribution in [0.25, 0.3) is 0 Å². The zero-order valence-electron chi connectivity index (χ0n) is 7.05. The minimum Gasteiger partial charge on any atom is -0.396 e. The van der Waals surface area contributed by atoms with Gasteiger partial charge >= 0.3 is 0 Å². The number of hydrogen-bond acceptors (Lipinski definition) is 3. The normalized spacial score (nSPS) is 16.2. The maximum Gasteiger partial charge on any atom is 0.242 e. The lowest BCUT2D eigenvalue weighted by atomic mass is 10.3. The van der Waals surface area contributed by atoms with E-state index in [2.05, 4.69) is 10.5 Å². The van der Waals surface area contributed by atoms with Crippen molar-refractivity contribution in [2.24, 2.45) is 5.10 Å². The predicted molar refractivity (Wildman–Crippen MR) is 45.7 cm³/mol. The van der Waals surface area contributed by atoms with Gasteiger partial charge in [-0.1, -0.05) is 0 Å². The van der Waals surface area contributed by atoms with E-state index in [0.717, 1.165) is 18.6 Å². The van der Waals surface area contributed by atoms with E-state index in [1.54, 1.807) is 0 Å². The lowest BCUT2D eigenvalue weighted by molar-refractivity contribution is -0.121. The first kappa shape index (κ1) is 9.19. The van der Waals surface area contributed by atoms with Gasteiger partial charge in [0.25, 0.3) is 0 Å². The molecule has 1 amide bonds. The van der Waals surface area contributed by atoms with Crippen molar-refractivity contribution in [1.29, 1.82) is 0 Å². The van der Waals surface area contributed by atoms with Crippen molar-refractivity contribution in [3.63, 3.8) is 0 Å². The summed E-state index contributed by atoms with van der Waals surface area (Å²) in [4.78, 5) is 10.8. The number of carbonyl (C=O) groups excluding carboxylic acids is 1. The van der Waals surface area contributed by atoms with Gasteiger partial charge in [0.05, 0.1) is 13.0 Å². The Kier molecular flexibility index (Phi) is 3.73. The molecule has 4 heteroatoms. The molecule has 0 bridgehead atoms. The highest BCUT2D eigenvalue weighted by molar-refractivity contribution is 5.87. The standard InChI is InChI=1S/C8H14N2O2/c11-6-5-8(12)10-9-7-3-1-2-4-7/h11H,1-6H2,(H,10,12). The predicted octanol–water partition coefficient (Wildman–Crippen LogP) is 0.415. The molecule has 1 rings (SSSR count). The molecule has 0 unspecified atom stereocenters. The molecule has 1 aliphatic rings. The van der Waals surface area contributed by atoms with Gasteiger partial charge in [0.15, 0.2) is 0 Å². The van der Waals surface area contributed by atoms with Crippen LogP contribution >= 0.6 is 0 Å². The summed E-state index contributed by atoms with van der Waals surface area (Å²) in [6.07, 6.45) is 4.49. The van der Waals surface area contributed by atoms with Crippen molar-refractivity contribution < 1.29 is 9.90 Å². The Balaban J connectivity index is 2.22. The molecule has 0 aromatic rings. The number of aliphatic hydroxyl groups is 1. The lowest BCUT2D eigenvalue weighted by Gasteiger charge is -1.97. The van der Waals surface area contributed by atoms with Gasteiger partial charge in [-0.05, 0) is 25.7 Å². The van der Waals surface area contributed by atoms with Crippen LogP contribution in [0.5, 0.6) is 0 Å². The molecule has 0 saturated heterocycles. The number of hydrogen-bond donors (Lipinski definition) is 2. The van der Waals surface area contributed by atoms with Gasteiger partial charge < -0.3 is 5.11 Å². The summed E-state index contributed by atoms with van der Waals surface area (Å²) >= 11 is 0. The number of nitrogens with zero attached hydrogens (tertiary/aromatic N) is 1. The van der Waals surface area contributed by atoms with Gasteiger partial charge in [-0.15, -0.1) is 0 Å². The third kappa shape index (κ3) is 3.00. The Bertz CT molecular complexity index is 181. The van der Waals surface area contributed by atoms with Crippen molar-refractivity contribution >= 4 is 11.6 Å². The van der Waals surface area contributed by atoms with Crippen LogP contribution < -0.4 is 5.43 Å². The Labute approximate surface area is 71.7 Å². The second-order valence-electron chi connectivity index (χ2n) is 2.89. The van der Waals surface area contributed by atoms with Crippen LogP contribution in [0.1, 0.15) is 32.1 Å². The fourth-order valence-corrected chi connectivity index (χ4v) is 1.19. The van der Waals surface area contributed by atoms with Crippen LogP contribution in [-0.4, -0.2) is 23.3 Å². The topological polar surface area (TPSA) is 61.7 Å². The number of carbonyl (C=O) groups is 1. The first-order valence-corrected chi connectivity index (χ1v) is 4.28. The van der Waals surface area contributed by atoms with E-state index in [1.807, 2.05) is 0 Å². The van der Waals surface area contributed by atoms with Crippen LogP contribution in [0, 0.1) is 0 Å². The largest absolute Gasteiger partial charge is 0.396 e. The molecular weight excluding hydrogens is 156 g/mol. The first-order chi connectivity index (χ1) is 5.83. The smallest absolute Gasteiger partial charge is 0.242 e. The summed E-state index contributed by atoms with van der Waals surface area (Å²) in [5.41, 5.74) is 3.49. The molecule has 1 fully saturated rings. The SMILES string of the molecule is O=C(CCO)NN=C1CCCC1. The zero-order valence-corrected chi connectivity index (χ0v) is 7.05. The van der Waals surface area contributed by atoms with Crippen LogP contribution in [0.4, 0.5) is 0 Å². The highest BCUT2D eigenvalue weighted by atomic mass is 16.3. The number of hydrazone groups is 1. The molecule has 1 aliphatic carbocycles. The van der Waals surface area contributed by atoms with Crippen LogP contribution in [0.2, 0.25) is 0 Å². The van der Waals surface area contributed by atoms with E-state index in [4.69, 9.17) is 5.11 Å². The molecular formula is C8H14N2O2. The zero-order chi connectivity index (χ0) is 8.81. The average molecular weight is 170 g/mol. The Hall–Kier alpha value is -0.900. The second kappa shape index (κ2) is 4.87. The summed E-state index contributed by atoms with van der Waals surface area (Å²) in [5, 5.41) is 12.4. The van der Waals surface area contributed by atoms with Gasteiger partial charge in [0, 0.05) is 5.71 Å². The van der Waals surface area contributed by atoms with E-state index >= 15 is 0 Å². The summed E-state index contributed by atoms with van der Waals surface area (Å²) in [6, 6.07) is 0. The molecule has 68 valence electrons. The fourth-order valence-electron chi connectivity index (χ4n) is 1.19. The van der Waals surface area contributed by atoms with Crippen molar-refractivity contribution in [3.05, 3.63) is 0 Å². The minimum absolute atomic E-state index is 0.114. The van der Waals surface area contributed by atoms with Crippen LogP contribution in [0.15, 0.2) is 5.10 Å². The maximum atomic E-state index is 10.8. The molecule has 0 radical (unpaired) electrons. The molecule has 2 N–H and O–H groups in total. The Morgan fingerprint density at radius 3 is 2.75 bits per heavy atom. The monoisotopic (exact) mass is 170 g/mol. The maximum absolute atomic E-state index is 10.8. The minimum atomic E-state index is -0.211. The summed E-state index contributed by atoms with van der Waals surface area (Å²) in [6.45, 7) is -0.114. The van der Waals surface area contributed by atoms with Gasteiger partial charge in [-0.3, -0.25) is 4.79 Å². The van der Waals surface area contributed by atoms with E-state index < -0.39 is 0 Å². The number of aliphatic hydroxyl groups excluding tert-OH is 1. The number of amides is 1. The summed E-state index contributed by atoms with van der Waals surface area (Å²) in [5.74, 6) is -0.211. The lowest BCUT2D eigenvalue weighted by Crippen LogP contribution is -2.19. The van der Waals surface area contributed by atoms with Crippen LogP contribution in [0.3, 0.4) is 0 Å². The number of rotatable bonds is 3. The third-order valence-electron chi connectivity index (χ3n) is 1.86. The molecule has 0 atom stereocenters. The van der Waals surface area contributed by atoms with Crippen LogP contribution in [-0.2, 0) is 4.79 Å². The van der Waals surface area contributed by atoms with Gasteiger partial charge in [0.1, 0.15) is 0 Å². The average Bonchev–Trinajstić information content (AvgIpc) is 2.53. The first-order valence-electron chi connectivity index (χ1n) is 4.28. The molecule has 0 heterocycles. The quantitative estimate of drug-likeness (QED) is 0.603. The Morgan fingerprint density at radius 2 is 2.17 bits per heavy atom. The van der Waals surface area contributed by atoms with Gasteiger partial charge in [-0.2, -0.15) is 5.10 Å². The van der Waals surface area contributed by atoms with Crippen molar-refractivity contribution in [2.45, 2.75) is 32.1 Å². The fraction of sp³-hybridized carbons (Fsp3) is 0.750. The molecule has 4 nitrogen and oxygen atoms in total. The summed E-state index contributed by atoms with van der Waals surface area (Å²) in [7, 11) is 0. The van der Waals surface area contributed by atoms with Gasteiger partial charge in [0.2, 0.25) is 5.91 Å². The molecule has 1 saturated carbocycles. The van der Waals surface area contributed by atoms with Crippen molar-refractivity contribution in [2.75, 3.05) is 6.61 Å². The van der Waals surface area contributed by atoms with Crippen molar-refractivity contribution in [1.82, 2.24) is 5.43 Å². The van der Waals surface area contributed by atoms with Gasteiger partial charge in [-0.25, -0.2) is 5.43 Å². The second-order valence-corrected chi connectivity index (χ2v) is 2.89. The van der Waals surface area contributed by atoms with E-state index in [9.17, 15) is 4.79 Å². The molecule has 0 aromatic carbocycles. The summed E-state index contributed by atoms with van der Waals surface area (Å²) < 4.78 is 0. The molecule has 0 aliphatic heterocycles. The number of nitrogens with one attached hydrogen (secondary N) is 1. The van der Waals surface area contributed by atoms with E-state index in [1.165, 1.54) is 12.8 Å². The van der Waals surface area contributed by atoms with E-state index in [-0.39, 0.29) is 18.9 Å². The highest BCUT2D eigenvalue weighted by Gasteiger charge is 2.08. The third-order valence-corrected chi connectivity index (χ3v) is 1.86. The van der Waals surface area contributed by atoms with E-state index in [0.29, 0.717) is 0 Å². The molecule has 0 spiro atoms. The van der Waals surface area contributed by atoms with Crippen molar-refractivity contribution in [3.8, 4) is 0 Å². The highest BCUT2D eigenvalue weighted by Crippen LogP contribution is 2.13. The molecule has 12 heavy (non-hydrogen) atoms. The molecule has 0 aromatic heterocycles.